The Morgan fingerprint density at radius 2 is 0.829 bits per heavy atom. The van der Waals surface area contributed by atoms with Crippen molar-refractivity contribution in [1.82, 2.24) is 0 Å². The van der Waals surface area contributed by atoms with Crippen LogP contribution in [0.25, 0.3) is 0 Å². The predicted molar refractivity (Wildman–Crippen MR) is 143 cm³/mol. The van der Waals surface area contributed by atoms with E-state index in [1.807, 2.05) is 36.4 Å². The van der Waals surface area contributed by atoms with Crippen LogP contribution in [-0.2, 0) is 9.59 Å². The van der Waals surface area contributed by atoms with E-state index in [1.54, 1.807) is 24.3 Å². The molecule has 0 N–H and O–H groups in total. The maximum atomic E-state index is 11.8. The summed E-state index contributed by atoms with van der Waals surface area (Å²) in [6.07, 6.45) is 11.2. The first-order valence-electron chi connectivity index (χ1n) is 13.2. The molecule has 0 amide bonds. The highest BCUT2D eigenvalue weighted by Crippen LogP contribution is 2.10. The van der Waals surface area contributed by atoms with Gasteiger partial charge in [-0.1, -0.05) is 119 Å². The molecule has 0 saturated carbocycles. The number of ketones is 4. The third-order valence-electron chi connectivity index (χ3n) is 5.78. The maximum absolute atomic E-state index is 11.8. The molecular weight excluding hydrogens is 436 g/mol. The minimum atomic E-state index is -0.0638. The average molecular weight is 479 g/mol. The van der Waals surface area contributed by atoms with Crippen LogP contribution in [0.3, 0.4) is 0 Å². The van der Waals surface area contributed by atoms with E-state index in [0.717, 1.165) is 32.1 Å². The van der Waals surface area contributed by atoms with E-state index in [9.17, 15) is 19.2 Å². The van der Waals surface area contributed by atoms with E-state index in [2.05, 4.69) is 13.8 Å². The van der Waals surface area contributed by atoms with E-state index in [4.69, 9.17) is 0 Å². The number of benzene rings is 2. The Bertz CT molecular complexity index is 871. The van der Waals surface area contributed by atoms with Crippen LogP contribution in [0, 0.1) is 0 Å². The van der Waals surface area contributed by atoms with Gasteiger partial charge in [0.1, 0.15) is 11.6 Å². The second kappa shape index (κ2) is 19.4. The van der Waals surface area contributed by atoms with E-state index in [-0.39, 0.29) is 36.0 Å². The largest absolute Gasteiger partial charge is 0.299 e. The predicted octanol–water partition coefficient (Wildman–Crippen LogP) is 7.99. The highest BCUT2D eigenvalue weighted by Gasteiger charge is 2.11. The molecule has 35 heavy (non-hydrogen) atoms. The summed E-state index contributed by atoms with van der Waals surface area (Å²) in [5, 5.41) is 0. The van der Waals surface area contributed by atoms with Crippen molar-refractivity contribution in [2.45, 2.75) is 97.3 Å². The number of rotatable bonds is 17. The summed E-state index contributed by atoms with van der Waals surface area (Å²) in [5.74, 6) is 0.00978. The molecule has 0 aliphatic rings. The molecule has 0 aliphatic heterocycles. The van der Waals surface area contributed by atoms with Crippen molar-refractivity contribution in [2.75, 3.05) is 0 Å². The molecule has 0 aliphatic carbocycles. The summed E-state index contributed by atoms with van der Waals surface area (Å²) >= 11 is 0. The van der Waals surface area contributed by atoms with Gasteiger partial charge in [0, 0.05) is 24.0 Å². The number of carbonyl (C=O) groups excluding carboxylic acids is 4. The molecule has 0 saturated heterocycles. The molecule has 0 spiro atoms. The van der Waals surface area contributed by atoms with E-state index >= 15 is 0 Å². The Labute approximate surface area is 211 Å². The quantitative estimate of drug-likeness (QED) is 0.131. The number of carbonyl (C=O) groups is 4. The van der Waals surface area contributed by atoms with Crippen LogP contribution in [0.1, 0.15) is 118 Å². The van der Waals surface area contributed by atoms with Crippen molar-refractivity contribution < 1.29 is 19.2 Å². The van der Waals surface area contributed by atoms with Gasteiger partial charge in [0.25, 0.3) is 0 Å². The Morgan fingerprint density at radius 3 is 1.20 bits per heavy atom. The van der Waals surface area contributed by atoms with Gasteiger partial charge in [-0.25, -0.2) is 0 Å². The summed E-state index contributed by atoms with van der Waals surface area (Å²) in [6.45, 7) is 4.31. The lowest BCUT2D eigenvalue weighted by molar-refractivity contribution is -0.119. The lowest BCUT2D eigenvalue weighted by atomic mass is 10.0. The minimum absolute atomic E-state index is 0.0517. The molecule has 2 aromatic carbocycles. The number of Topliss-reactive ketones (excluding diaryl/α,β-unsaturated/α-hetero) is 4. The maximum Gasteiger partial charge on any atom is 0.170 e. The zero-order valence-electron chi connectivity index (χ0n) is 21.6. The van der Waals surface area contributed by atoms with Gasteiger partial charge in [-0.15, -0.1) is 0 Å². The van der Waals surface area contributed by atoms with Gasteiger partial charge in [0.05, 0.1) is 12.8 Å². The molecule has 0 fully saturated rings. The van der Waals surface area contributed by atoms with E-state index in [0.29, 0.717) is 24.0 Å². The monoisotopic (exact) mass is 478 g/mol. The van der Waals surface area contributed by atoms with E-state index < -0.39 is 0 Å². The van der Waals surface area contributed by atoms with Crippen LogP contribution in [0.5, 0.6) is 0 Å². The molecule has 0 bridgehead atoms. The average Bonchev–Trinajstić information content (AvgIpc) is 2.88. The molecule has 4 nitrogen and oxygen atoms in total. The fraction of sp³-hybridized carbons (Fsp3) is 0.484. The zero-order chi connectivity index (χ0) is 25.7. The summed E-state index contributed by atoms with van der Waals surface area (Å²) in [5.41, 5.74) is 1.27. The van der Waals surface area contributed by atoms with Crippen molar-refractivity contribution in [3.63, 3.8) is 0 Å². The first-order valence-corrected chi connectivity index (χ1v) is 13.2. The molecule has 2 rings (SSSR count). The van der Waals surface area contributed by atoms with Crippen LogP contribution in [0.15, 0.2) is 60.7 Å². The SMILES string of the molecule is CCCCCCC(=O)CC(=O)c1ccccc1.CCCCCCCC(=O)CC(=O)c1ccccc1. The van der Waals surface area contributed by atoms with Crippen LogP contribution < -0.4 is 0 Å². The van der Waals surface area contributed by atoms with E-state index in [1.165, 1.54) is 25.7 Å². The third-order valence-corrected chi connectivity index (χ3v) is 5.78. The number of hydrogen-bond acceptors (Lipinski definition) is 4. The van der Waals surface area contributed by atoms with Gasteiger partial charge in [0.15, 0.2) is 11.6 Å². The second-order valence-corrected chi connectivity index (χ2v) is 8.98. The van der Waals surface area contributed by atoms with Crippen LogP contribution in [0.4, 0.5) is 0 Å². The standard InChI is InChI=1S/C16H22O2.C15H20O2/c1-2-3-4-5-9-12-15(17)13-16(18)14-10-7-6-8-11-14;1-2-3-4-8-11-14(16)12-15(17)13-9-6-5-7-10-13/h6-8,10-11H,2-5,9,12-13H2,1H3;5-7,9-10H,2-4,8,11-12H2,1H3. The molecule has 0 heterocycles. The van der Waals surface area contributed by atoms with Crippen molar-refractivity contribution in [3.8, 4) is 0 Å². The molecule has 0 radical (unpaired) electrons. The molecule has 4 heteroatoms. The van der Waals surface area contributed by atoms with Gasteiger partial charge >= 0.3 is 0 Å². The van der Waals surface area contributed by atoms with Crippen molar-refractivity contribution in [2.24, 2.45) is 0 Å². The first kappa shape index (κ1) is 30.2. The molecule has 0 atom stereocenters. The summed E-state index contributed by atoms with van der Waals surface area (Å²) in [7, 11) is 0. The molecule has 2 aromatic rings. The fourth-order valence-electron chi connectivity index (χ4n) is 3.66. The van der Waals surface area contributed by atoms with Crippen molar-refractivity contribution >= 4 is 23.1 Å². The topological polar surface area (TPSA) is 68.3 Å². The van der Waals surface area contributed by atoms with Crippen molar-refractivity contribution in [3.05, 3.63) is 71.8 Å². The summed E-state index contributed by atoms with van der Waals surface area (Å²) < 4.78 is 0. The highest BCUT2D eigenvalue weighted by atomic mass is 16.2. The highest BCUT2D eigenvalue weighted by molar-refractivity contribution is 6.08. The molecule has 0 unspecified atom stereocenters. The van der Waals surface area contributed by atoms with Gasteiger partial charge in [-0.05, 0) is 12.8 Å². The van der Waals surface area contributed by atoms with Gasteiger partial charge in [-0.2, -0.15) is 0 Å². The van der Waals surface area contributed by atoms with Crippen LogP contribution in [0.2, 0.25) is 0 Å². The molecular formula is C31H42O4. The Morgan fingerprint density at radius 1 is 0.486 bits per heavy atom. The Balaban J connectivity index is 0.000000351. The smallest absolute Gasteiger partial charge is 0.170 e. The number of unbranched alkanes of at least 4 members (excludes halogenated alkanes) is 7. The summed E-state index contributed by atoms with van der Waals surface area (Å²) in [4.78, 5) is 46.7. The normalized spacial score (nSPS) is 10.2. The van der Waals surface area contributed by atoms with Crippen molar-refractivity contribution in [1.29, 1.82) is 0 Å². The minimum Gasteiger partial charge on any atom is -0.299 e. The third kappa shape index (κ3) is 14.9. The lowest BCUT2D eigenvalue weighted by Crippen LogP contribution is -2.07. The Kier molecular flexibility index (Phi) is 16.7. The first-order chi connectivity index (χ1) is 17.0. The second-order valence-electron chi connectivity index (χ2n) is 8.98. The molecule has 190 valence electrons. The fourth-order valence-corrected chi connectivity index (χ4v) is 3.66. The van der Waals surface area contributed by atoms with Gasteiger partial charge < -0.3 is 0 Å². The lowest BCUT2D eigenvalue weighted by Gasteiger charge is -2.01. The summed E-state index contributed by atoms with van der Waals surface area (Å²) in [6, 6.07) is 18.0. The zero-order valence-corrected chi connectivity index (χ0v) is 21.6. The Hall–Kier alpha value is -2.88. The van der Waals surface area contributed by atoms with Gasteiger partial charge in [0.2, 0.25) is 0 Å². The molecule has 0 aromatic heterocycles. The number of hydrogen-bond donors (Lipinski definition) is 0. The van der Waals surface area contributed by atoms with Crippen LogP contribution >= 0.6 is 0 Å². The van der Waals surface area contributed by atoms with Gasteiger partial charge in [-0.3, -0.25) is 19.2 Å². The van der Waals surface area contributed by atoms with Crippen LogP contribution in [-0.4, -0.2) is 23.1 Å².